The van der Waals surface area contributed by atoms with Gasteiger partial charge in [-0.05, 0) is 6.42 Å². The molecule has 0 atom stereocenters. The standard InChI is InChI=1S/C15H17F3N4O3S/c1-3-4-5-6-25-11-8-9(7-10(19-11)24-2)12(23)20-14-22-21-13(26-14)15(16,17)18/h7-8H,3-6H2,1-2H3,(H,20,22,23). The van der Waals surface area contributed by atoms with Gasteiger partial charge in [0.2, 0.25) is 21.9 Å². The summed E-state index contributed by atoms with van der Waals surface area (Å²) in [5.41, 5.74) is 0.117. The fraction of sp³-hybridized carbons (Fsp3) is 0.467. The first kappa shape index (κ1) is 19.9. The van der Waals surface area contributed by atoms with Crippen LogP contribution in [0.2, 0.25) is 0 Å². The van der Waals surface area contributed by atoms with Crippen molar-refractivity contribution >= 4 is 22.4 Å². The molecule has 7 nitrogen and oxygen atoms in total. The minimum absolute atomic E-state index is 0.117. The monoisotopic (exact) mass is 390 g/mol. The Morgan fingerprint density at radius 2 is 1.96 bits per heavy atom. The molecule has 0 unspecified atom stereocenters. The fourth-order valence-electron chi connectivity index (χ4n) is 1.88. The quantitative estimate of drug-likeness (QED) is 0.691. The summed E-state index contributed by atoms with van der Waals surface area (Å²) in [7, 11) is 1.38. The van der Waals surface area contributed by atoms with Gasteiger partial charge in [0.05, 0.1) is 19.3 Å². The van der Waals surface area contributed by atoms with Crippen molar-refractivity contribution in [1.82, 2.24) is 15.2 Å². The van der Waals surface area contributed by atoms with Crippen LogP contribution in [-0.4, -0.2) is 34.8 Å². The number of halogens is 3. The van der Waals surface area contributed by atoms with Gasteiger partial charge >= 0.3 is 6.18 Å². The zero-order valence-electron chi connectivity index (χ0n) is 14.1. The number of nitrogens with one attached hydrogen (secondary N) is 1. The maximum Gasteiger partial charge on any atom is 0.445 e. The fourth-order valence-corrected chi connectivity index (χ4v) is 2.48. The summed E-state index contributed by atoms with van der Waals surface area (Å²) in [5, 5.41) is 7.21. The van der Waals surface area contributed by atoms with Crippen LogP contribution in [0.4, 0.5) is 18.3 Å². The van der Waals surface area contributed by atoms with Crippen molar-refractivity contribution in [2.75, 3.05) is 19.0 Å². The van der Waals surface area contributed by atoms with Crippen molar-refractivity contribution in [3.05, 3.63) is 22.7 Å². The van der Waals surface area contributed by atoms with Crippen LogP contribution in [0.25, 0.3) is 0 Å². The summed E-state index contributed by atoms with van der Waals surface area (Å²) >= 11 is 0.239. The van der Waals surface area contributed by atoms with Gasteiger partial charge in [0.25, 0.3) is 5.91 Å². The molecule has 0 aromatic carbocycles. The van der Waals surface area contributed by atoms with E-state index in [1.165, 1.54) is 19.2 Å². The van der Waals surface area contributed by atoms with E-state index in [2.05, 4.69) is 27.4 Å². The van der Waals surface area contributed by atoms with Gasteiger partial charge in [0, 0.05) is 12.1 Å². The number of carbonyl (C=O) groups excluding carboxylic acids is 1. The van der Waals surface area contributed by atoms with Gasteiger partial charge in [0.1, 0.15) is 0 Å². The van der Waals surface area contributed by atoms with Crippen molar-refractivity contribution in [2.45, 2.75) is 32.4 Å². The third-order valence-corrected chi connectivity index (χ3v) is 4.02. The van der Waals surface area contributed by atoms with Crippen LogP contribution in [0.5, 0.6) is 11.8 Å². The molecule has 2 heterocycles. The summed E-state index contributed by atoms with van der Waals surface area (Å²) < 4.78 is 48.1. The molecule has 0 spiro atoms. The molecule has 2 aromatic rings. The van der Waals surface area contributed by atoms with E-state index in [1.807, 2.05) is 0 Å². The molecule has 2 rings (SSSR count). The molecular formula is C15H17F3N4O3S. The van der Waals surface area contributed by atoms with Crippen LogP contribution >= 0.6 is 11.3 Å². The number of hydrogen-bond donors (Lipinski definition) is 1. The highest BCUT2D eigenvalue weighted by atomic mass is 32.1. The smallest absolute Gasteiger partial charge is 0.445 e. The summed E-state index contributed by atoms with van der Waals surface area (Å²) in [5.74, 6) is -0.329. The number of ether oxygens (including phenoxy) is 2. The maximum atomic E-state index is 12.5. The molecule has 0 aliphatic rings. The van der Waals surface area contributed by atoms with Crippen LogP contribution in [-0.2, 0) is 6.18 Å². The maximum absolute atomic E-state index is 12.5. The van der Waals surface area contributed by atoms with Crippen LogP contribution in [0.3, 0.4) is 0 Å². The molecule has 11 heteroatoms. The first-order chi connectivity index (χ1) is 12.3. The summed E-state index contributed by atoms with van der Waals surface area (Å²) in [6.45, 7) is 2.49. The molecule has 0 saturated heterocycles. The van der Waals surface area contributed by atoms with E-state index < -0.39 is 17.1 Å². The number of anilines is 1. The lowest BCUT2D eigenvalue weighted by Gasteiger charge is -2.09. The Morgan fingerprint density at radius 3 is 2.58 bits per heavy atom. The Labute approximate surface area is 151 Å². The molecule has 2 aromatic heterocycles. The lowest BCUT2D eigenvalue weighted by Crippen LogP contribution is -2.13. The van der Waals surface area contributed by atoms with Gasteiger partial charge in [-0.1, -0.05) is 31.1 Å². The van der Waals surface area contributed by atoms with Crippen molar-refractivity contribution in [2.24, 2.45) is 0 Å². The zero-order chi connectivity index (χ0) is 19.2. The SMILES string of the molecule is CCCCCOc1cc(C(=O)Nc2nnc(C(F)(F)F)s2)cc(OC)n1. The minimum atomic E-state index is -4.61. The van der Waals surface area contributed by atoms with Gasteiger partial charge in [0.15, 0.2) is 0 Å². The number of rotatable bonds is 8. The zero-order valence-corrected chi connectivity index (χ0v) is 14.9. The van der Waals surface area contributed by atoms with E-state index in [0.717, 1.165) is 19.3 Å². The van der Waals surface area contributed by atoms with Gasteiger partial charge in [-0.15, -0.1) is 10.2 Å². The van der Waals surface area contributed by atoms with Crippen LogP contribution < -0.4 is 14.8 Å². The molecule has 26 heavy (non-hydrogen) atoms. The number of amides is 1. The van der Waals surface area contributed by atoms with E-state index in [0.29, 0.717) is 6.61 Å². The minimum Gasteiger partial charge on any atom is -0.481 e. The van der Waals surface area contributed by atoms with Crippen LogP contribution in [0.15, 0.2) is 12.1 Å². The normalized spacial score (nSPS) is 11.3. The molecule has 0 aliphatic heterocycles. The molecule has 0 fully saturated rings. The molecule has 0 bridgehead atoms. The molecule has 1 amide bonds. The van der Waals surface area contributed by atoms with Gasteiger partial charge in [-0.3, -0.25) is 10.1 Å². The summed E-state index contributed by atoms with van der Waals surface area (Å²) in [6, 6.07) is 2.73. The molecular weight excluding hydrogens is 373 g/mol. The Kier molecular flexibility index (Phi) is 6.72. The van der Waals surface area contributed by atoms with E-state index in [9.17, 15) is 18.0 Å². The Bertz CT molecular complexity index is 752. The molecule has 1 N–H and O–H groups in total. The van der Waals surface area contributed by atoms with Gasteiger partial charge < -0.3 is 9.47 Å². The Balaban J connectivity index is 2.10. The average Bonchev–Trinajstić information content (AvgIpc) is 3.07. The largest absolute Gasteiger partial charge is 0.481 e. The van der Waals surface area contributed by atoms with E-state index >= 15 is 0 Å². The Hall–Kier alpha value is -2.43. The lowest BCUT2D eigenvalue weighted by molar-refractivity contribution is -0.138. The van der Waals surface area contributed by atoms with Gasteiger partial charge in [-0.25, -0.2) is 0 Å². The number of aromatic nitrogens is 3. The Morgan fingerprint density at radius 1 is 1.23 bits per heavy atom. The number of hydrogen-bond acceptors (Lipinski definition) is 7. The van der Waals surface area contributed by atoms with Gasteiger partial charge in [-0.2, -0.15) is 18.2 Å². The number of nitrogens with zero attached hydrogens (tertiary/aromatic N) is 3. The van der Waals surface area contributed by atoms with E-state index in [4.69, 9.17) is 9.47 Å². The molecule has 0 saturated carbocycles. The number of carbonyl (C=O) groups is 1. The highest BCUT2D eigenvalue weighted by Gasteiger charge is 2.35. The lowest BCUT2D eigenvalue weighted by atomic mass is 10.2. The topological polar surface area (TPSA) is 86.2 Å². The summed E-state index contributed by atoms with van der Waals surface area (Å²) in [4.78, 5) is 16.4. The number of methoxy groups -OCH3 is 1. The van der Waals surface area contributed by atoms with Crippen LogP contribution in [0.1, 0.15) is 41.6 Å². The van der Waals surface area contributed by atoms with Crippen molar-refractivity contribution in [3.8, 4) is 11.8 Å². The molecule has 0 radical (unpaired) electrons. The third kappa shape index (κ3) is 5.55. The van der Waals surface area contributed by atoms with Crippen molar-refractivity contribution in [3.63, 3.8) is 0 Å². The van der Waals surface area contributed by atoms with E-state index in [1.54, 1.807) is 0 Å². The second-order valence-electron chi connectivity index (χ2n) is 5.16. The highest BCUT2D eigenvalue weighted by Crippen LogP contribution is 2.33. The predicted octanol–water partition coefficient (Wildman–Crippen LogP) is 3.78. The molecule has 142 valence electrons. The molecule has 0 aliphatic carbocycles. The average molecular weight is 390 g/mol. The van der Waals surface area contributed by atoms with E-state index in [-0.39, 0.29) is 33.8 Å². The predicted molar refractivity (Wildman–Crippen MR) is 88.7 cm³/mol. The highest BCUT2D eigenvalue weighted by molar-refractivity contribution is 7.15. The van der Waals surface area contributed by atoms with Crippen LogP contribution in [0, 0.1) is 0 Å². The second kappa shape index (κ2) is 8.79. The van der Waals surface area contributed by atoms with Crippen molar-refractivity contribution in [1.29, 1.82) is 0 Å². The number of unbranched alkanes of at least 4 members (excludes halogenated alkanes) is 2. The van der Waals surface area contributed by atoms with Crippen molar-refractivity contribution < 1.29 is 27.4 Å². The third-order valence-electron chi connectivity index (χ3n) is 3.14. The summed E-state index contributed by atoms with van der Waals surface area (Å²) in [6.07, 6.45) is -1.75. The second-order valence-corrected chi connectivity index (χ2v) is 6.13. The first-order valence-corrected chi connectivity index (χ1v) is 8.56. The number of pyridine rings is 1. The first-order valence-electron chi connectivity index (χ1n) is 7.74. The number of alkyl halides is 3.